The van der Waals surface area contributed by atoms with Crippen LogP contribution in [-0.2, 0) is 4.79 Å². The standard InChI is InChI=1S/C16H20O2/c1-4-7-14(17)12-10-16(3)9-6-5-8-13(16)11(2)15(12)18/h5-6,8-9,18H,4,7,10H2,1-3H3. The summed E-state index contributed by atoms with van der Waals surface area (Å²) in [5, 5.41) is 10.2. The molecule has 96 valence electrons. The van der Waals surface area contributed by atoms with Crippen LogP contribution in [0.15, 0.2) is 46.8 Å². The summed E-state index contributed by atoms with van der Waals surface area (Å²) in [6.07, 6.45) is 10.1. The van der Waals surface area contributed by atoms with Crippen LogP contribution in [0.5, 0.6) is 0 Å². The Morgan fingerprint density at radius 2 is 2.17 bits per heavy atom. The molecule has 0 heterocycles. The maximum absolute atomic E-state index is 12.1. The molecule has 2 rings (SSSR count). The molecule has 1 N–H and O–H groups in total. The lowest BCUT2D eigenvalue weighted by molar-refractivity contribution is -0.116. The van der Waals surface area contributed by atoms with Gasteiger partial charge < -0.3 is 5.11 Å². The molecule has 1 unspecified atom stereocenters. The highest BCUT2D eigenvalue weighted by Crippen LogP contribution is 2.46. The molecule has 0 amide bonds. The minimum Gasteiger partial charge on any atom is -0.507 e. The summed E-state index contributed by atoms with van der Waals surface area (Å²) in [6, 6.07) is 0. The fraction of sp³-hybridized carbons (Fsp3) is 0.438. The molecule has 2 nitrogen and oxygen atoms in total. The van der Waals surface area contributed by atoms with Gasteiger partial charge in [0.25, 0.3) is 0 Å². The number of aliphatic hydroxyl groups is 1. The first-order chi connectivity index (χ1) is 8.49. The van der Waals surface area contributed by atoms with Crippen molar-refractivity contribution < 1.29 is 9.90 Å². The van der Waals surface area contributed by atoms with E-state index >= 15 is 0 Å². The zero-order valence-electron chi connectivity index (χ0n) is 11.3. The van der Waals surface area contributed by atoms with Gasteiger partial charge in [0, 0.05) is 17.4 Å². The van der Waals surface area contributed by atoms with E-state index in [1.54, 1.807) is 0 Å². The molecule has 0 radical (unpaired) electrons. The molecule has 0 aromatic heterocycles. The monoisotopic (exact) mass is 244 g/mol. The van der Waals surface area contributed by atoms with E-state index in [0.717, 1.165) is 17.6 Å². The van der Waals surface area contributed by atoms with Crippen LogP contribution in [0.1, 0.15) is 40.0 Å². The SMILES string of the molecule is CCCC(=O)C1=C(O)C(C)=C2C=CC=CC2(C)C1. The maximum atomic E-state index is 12.1. The summed E-state index contributed by atoms with van der Waals surface area (Å²) in [5.41, 5.74) is 2.41. The van der Waals surface area contributed by atoms with Gasteiger partial charge in [0.05, 0.1) is 0 Å². The van der Waals surface area contributed by atoms with Crippen LogP contribution in [0.4, 0.5) is 0 Å². The lowest BCUT2D eigenvalue weighted by Gasteiger charge is -2.36. The third kappa shape index (κ3) is 1.96. The van der Waals surface area contributed by atoms with E-state index in [9.17, 15) is 9.90 Å². The van der Waals surface area contributed by atoms with Gasteiger partial charge in [-0.25, -0.2) is 0 Å². The molecule has 0 saturated heterocycles. The third-order valence-corrected chi connectivity index (χ3v) is 3.86. The minimum absolute atomic E-state index is 0.0811. The molecule has 0 aliphatic heterocycles. The number of fused-ring (bicyclic) bond motifs is 1. The molecule has 2 heteroatoms. The highest BCUT2D eigenvalue weighted by Gasteiger charge is 2.36. The van der Waals surface area contributed by atoms with Gasteiger partial charge in [0.1, 0.15) is 5.76 Å². The zero-order chi connectivity index (χ0) is 13.3. The van der Waals surface area contributed by atoms with Gasteiger partial charge in [-0.15, -0.1) is 0 Å². The Morgan fingerprint density at radius 3 is 2.83 bits per heavy atom. The molecule has 0 spiro atoms. The van der Waals surface area contributed by atoms with E-state index in [2.05, 4.69) is 13.0 Å². The number of ketones is 1. The molecule has 0 aromatic carbocycles. The second-order valence-electron chi connectivity index (χ2n) is 5.35. The van der Waals surface area contributed by atoms with E-state index < -0.39 is 0 Å². The van der Waals surface area contributed by atoms with Crippen molar-refractivity contribution in [3.8, 4) is 0 Å². The smallest absolute Gasteiger partial charge is 0.162 e. The van der Waals surface area contributed by atoms with Gasteiger partial charge in [0.2, 0.25) is 0 Å². The molecule has 0 aromatic rings. The molecule has 18 heavy (non-hydrogen) atoms. The first kappa shape index (κ1) is 12.9. The topological polar surface area (TPSA) is 37.3 Å². The maximum Gasteiger partial charge on any atom is 0.162 e. The van der Waals surface area contributed by atoms with Crippen LogP contribution in [0.3, 0.4) is 0 Å². The predicted octanol–water partition coefficient (Wildman–Crippen LogP) is 4.02. The van der Waals surface area contributed by atoms with E-state index in [-0.39, 0.29) is 17.0 Å². The molecular weight excluding hydrogens is 224 g/mol. The van der Waals surface area contributed by atoms with Gasteiger partial charge in [0.15, 0.2) is 5.78 Å². The first-order valence-electron chi connectivity index (χ1n) is 6.52. The van der Waals surface area contributed by atoms with E-state index in [0.29, 0.717) is 18.4 Å². The summed E-state index contributed by atoms with van der Waals surface area (Å²) in [6.45, 7) is 6.00. The predicted molar refractivity (Wildman–Crippen MR) is 73.3 cm³/mol. The summed E-state index contributed by atoms with van der Waals surface area (Å²) in [7, 11) is 0. The van der Waals surface area contributed by atoms with E-state index in [4.69, 9.17) is 0 Å². The van der Waals surface area contributed by atoms with Crippen molar-refractivity contribution in [1.82, 2.24) is 0 Å². The Morgan fingerprint density at radius 1 is 1.44 bits per heavy atom. The van der Waals surface area contributed by atoms with Gasteiger partial charge in [-0.2, -0.15) is 0 Å². The molecular formula is C16H20O2. The van der Waals surface area contributed by atoms with Crippen LogP contribution >= 0.6 is 0 Å². The van der Waals surface area contributed by atoms with Crippen LogP contribution in [0, 0.1) is 5.41 Å². The van der Waals surface area contributed by atoms with Crippen molar-refractivity contribution in [2.75, 3.05) is 0 Å². The van der Waals surface area contributed by atoms with Crippen LogP contribution in [0.2, 0.25) is 0 Å². The van der Waals surface area contributed by atoms with Crippen LogP contribution in [0.25, 0.3) is 0 Å². The number of carbonyl (C=O) groups is 1. The number of Topliss-reactive ketones (excluding diaryl/α,β-unsaturated/α-hetero) is 1. The molecule has 0 bridgehead atoms. The van der Waals surface area contributed by atoms with Crippen molar-refractivity contribution in [2.45, 2.75) is 40.0 Å². The van der Waals surface area contributed by atoms with Crippen molar-refractivity contribution in [1.29, 1.82) is 0 Å². The lowest BCUT2D eigenvalue weighted by atomic mass is 9.68. The lowest BCUT2D eigenvalue weighted by Crippen LogP contribution is -2.27. The largest absolute Gasteiger partial charge is 0.507 e. The Bertz CT molecular complexity index is 503. The fourth-order valence-corrected chi connectivity index (χ4v) is 2.82. The number of carbonyl (C=O) groups excluding carboxylic acids is 1. The highest BCUT2D eigenvalue weighted by atomic mass is 16.3. The van der Waals surface area contributed by atoms with Crippen molar-refractivity contribution >= 4 is 5.78 Å². The first-order valence-corrected chi connectivity index (χ1v) is 6.52. The third-order valence-electron chi connectivity index (χ3n) is 3.86. The summed E-state index contributed by atoms with van der Waals surface area (Å²) < 4.78 is 0. The number of allylic oxidation sites excluding steroid dienone is 7. The Kier molecular flexibility index (Phi) is 3.29. The second-order valence-corrected chi connectivity index (χ2v) is 5.35. The molecule has 0 saturated carbocycles. The average molecular weight is 244 g/mol. The molecule has 1 atom stereocenters. The molecule has 0 fully saturated rings. The summed E-state index contributed by atoms with van der Waals surface area (Å²) >= 11 is 0. The van der Waals surface area contributed by atoms with Gasteiger partial charge in [-0.05, 0) is 30.9 Å². The second kappa shape index (κ2) is 4.60. The quantitative estimate of drug-likeness (QED) is 0.814. The van der Waals surface area contributed by atoms with Crippen molar-refractivity contribution in [3.63, 3.8) is 0 Å². The normalized spacial score (nSPS) is 26.6. The van der Waals surface area contributed by atoms with Crippen molar-refractivity contribution in [3.05, 3.63) is 46.8 Å². The number of rotatable bonds is 3. The fourth-order valence-electron chi connectivity index (χ4n) is 2.82. The number of hydrogen-bond acceptors (Lipinski definition) is 2. The summed E-state index contributed by atoms with van der Waals surface area (Å²) in [5.74, 6) is 0.276. The molecule has 2 aliphatic rings. The Hall–Kier alpha value is -1.57. The van der Waals surface area contributed by atoms with Gasteiger partial charge in [-0.1, -0.05) is 38.2 Å². The van der Waals surface area contributed by atoms with E-state index in [1.807, 2.05) is 32.1 Å². The summed E-state index contributed by atoms with van der Waals surface area (Å²) in [4.78, 5) is 12.1. The highest BCUT2D eigenvalue weighted by molar-refractivity contribution is 5.97. The zero-order valence-corrected chi connectivity index (χ0v) is 11.3. The average Bonchev–Trinajstić information content (AvgIpc) is 2.34. The minimum atomic E-state index is -0.149. The Labute approximate surface area is 108 Å². The number of aliphatic hydroxyl groups excluding tert-OH is 1. The Balaban J connectivity index is 2.48. The van der Waals surface area contributed by atoms with Crippen molar-refractivity contribution in [2.24, 2.45) is 5.41 Å². The van der Waals surface area contributed by atoms with E-state index in [1.165, 1.54) is 0 Å². The van der Waals surface area contributed by atoms with Gasteiger partial charge in [-0.3, -0.25) is 4.79 Å². The van der Waals surface area contributed by atoms with Crippen LogP contribution < -0.4 is 0 Å². The van der Waals surface area contributed by atoms with Gasteiger partial charge >= 0.3 is 0 Å². The molecule has 2 aliphatic carbocycles. The number of hydrogen-bond donors (Lipinski definition) is 1. The van der Waals surface area contributed by atoms with Crippen LogP contribution in [-0.4, -0.2) is 10.9 Å².